The van der Waals surface area contributed by atoms with Crippen molar-refractivity contribution in [3.8, 4) is 0 Å². The number of Topliss-reactive ketones (excluding diaryl/α,β-unsaturated/α-hetero) is 1. The molecule has 0 N–H and O–H groups in total. The van der Waals surface area contributed by atoms with E-state index in [1.165, 1.54) is 11.5 Å². The van der Waals surface area contributed by atoms with Gasteiger partial charge in [0.2, 0.25) is 0 Å². The number of benzene rings is 1. The molecule has 15 heavy (non-hydrogen) atoms. The highest BCUT2D eigenvalue weighted by atomic mass is 32.1. The number of hydrogen-bond donors (Lipinski definition) is 0. The molecule has 4 heteroatoms. The summed E-state index contributed by atoms with van der Waals surface area (Å²) in [6.07, 6.45) is 0.423. The number of rotatable bonds is 3. The third kappa shape index (κ3) is 1.99. The lowest BCUT2D eigenvalue weighted by molar-refractivity contribution is -0.117. The minimum Gasteiger partial charge on any atom is -0.300 e. The van der Waals surface area contributed by atoms with Gasteiger partial charge in [0.1, 0.15) is 5.78 Å². The van der Waals surface area contributed by atoms with E-state index in [1.807, 2.05) is 24.3 Å². The predicted molar refractivity (Wildman–Crippen MR) is 61.4 cm³/mol. The molecule has 0 radical (unpaired) electrons. The van der Waals surface area contributed by atoms with Gasteiger partial charge in [-0.25, -0.2) is 0 Å². The van der Waals surface area contributed by atoms with Crippen molar-refractivity contribution in [2.45, 2.75) is 19.9 Å². The number of aryl methyl sites for hydroxylation is 1. The Bertz CT molecular complexity index is 553. The molecule has 0 fully saturated rings. The molecule has 3 nitrogen and oxygen atoms in total. The van der Waals surface area contributed by atoms with Crippen molar-refractivity contribution >= 4 is 27.4 Å². The second-order valence-electron chi connectivity index (χ2n) is 3.45. The van der Waals surface area contributed by atoms with Crippen molar-refractivity contribution in [3.63, 3.8) is 0 Å². The first-order chi connectivity index (χ1) is 7.18. The molecular weight excluding hydrogens is 210 g/mol. The molecule has 1 heterocycles. The first kappa shape index (κ1) is 10.1. The van der Waals surface area contributed by atoms with Gasteiger partial charge in [-0.2, -0.15) is 0 Å². The minimum atomic E-state index is 0.0110. The van der Waals surface area contributed by atoms with E-state index < -0.39 is 0 Å². The summed E-state index contributed by atoms with van der Waals surface area (Å²) in [5, 5.41) is 0.742. The van der Waals surface area contributed by atoms with Crippen LogP contribution in [0, 0.1) is 0 Å². The van der Waals surface area contributed by atoms with Crippen LogP contribution in [-0.2, 0) is 11.3 Å². The van der Waals surface area contributed by atoms with Gasteiger partial charge in [-0.05, 0) is 19.1 Å². The molecule has 0 aliphatic heterocycles. The van der Waals surface area contributed by atoms with E-state index in [2.05, 4.69) is 0 Å². The van der Waals surface area contributed by atoms with Crippen LogP contribution < -0.4 is 5.56 Å². The lowest BCUT2D eigenvalue weighted by Gasteiger charge is -1.95. The van der Waals surface area contributed by atoms with Gasteiger partial charge in [0.15, 0.2) is 0 Å². The van der Waals surface area contributed by atoms with E-state index in [-0.39, 0.29) is 11.3 Å². The molecule has 0 amide bonds. The Morgan fingerprint density at radius 2 is 2.13 bits per heavy atom. The third-order valence-electron chi connectivity index (χ3n) is 2.22. The van der Waals surface area contributed by atoms with Crippen molar-refractivity contribution in [1.29, 1.82) is 0 Å². The zero-order valence-corrected chi connectivity index (χ0v) is 9.21. The summed E-state index contributed by atoms with van der Waals surface area (Å²) in [5.74, 6) is 0.111. The van der Waals surface area contributed by atoms with E-state index in [1.54, 1.807) is 10.9 Å². The van der Waals surface area contributed by atoms with Crippen LogP contribution in [0.1, 0.15) is 13.3 Å². The predicted octanol–water partition coefficient (Wildman–Crippen LogP) is 2.04. The molecule has 0 aliphatic carbocycles. The topological polar surface area (TPSA) is 39.1 Å². The van der Waals surface area contributed by atoms with Crippen molar-refractivity contribution in [2.75, 3.05) is 0 Å². The monoisotopic (exact) mass is 221 g/mol. The van der Waals surface area contributed by atoms with Crippen molar-refractivity contribution in [2.24, 2.45) is 0 Å². The van der Waals surface area contributed by atoms with Gasteiger partial charge >= 0.3 is 0 Å². The van der Waals surface area contributed by atoms with Crippen LogP contribution in [0.4, 0.5) is 0 Å². The molecule has 0 saturated heterocycles. The molecule has 0 aliphatic rings. The van der Waals surface area contributed by atoms with Gasteiger partial charge in [0, 0.05) is 13.0 Å². The first-order valence-corrected chi connectivity index (χ1v) is 5.54. The smallest absolute Gasteiger partial charge is 0.268 e. The number of fused-ring (bicyclic) bond motifs is 1. The van der Waals surface area contributed by atoms with E-state index in [0.717, 1.165) is 10.1 Å². The van der Waals surface area contributed by atoms with Gasteiger partial charge in [0.25, 0.3) is 5.56 Å². The molecule has 0 spiro atoms. The summed E-state index contributed by atoms with van der Waals surface area (Å²) >= 11 is 1.42. The van der Waals surface area contributed by atoms with Crippen LogP contribution in [-0.4, -0.2) is 9.74 Å². The van der Waals surface area contributed by atoms with Gasteiger partial charge in [-0.1, -0.05) is 23.7 Å². The fraction of sp³-hybridized carbons (Fsp3) is 0.273. The first-order valence-electron chi connectivity index (χ1n) is 4.77. The lowest BCUT2D eigenvalue weighted by Crippen LogP contribution is -2.14. The Balaban J connectivity index is 2.40. The third-order valence-corrected chi connectivity index (χ3v) is 3.34. The molecule has 2 rings (SSSR count). The largest absolute Gasteiger partial charge is 0.300 e. The summed E-state index contributed by atoms with van der Waals surface area (Å²) in [5.41, 5.74) is 0.0110. The van der Waals surface area contributed by atoms with Gasteiger partial charge in [-0.3, -0.25) is 13.5 Å². The van der Waals surface area contributed by atoms with Gasteiger partial charge in [-0.15, -0.1) is 0 Å². The Hall–Kier alpha value is -1.42. The van der Waals surface area contributed by atoms with Crippen LogP contribution in [0.25, 0.3) is 10.1 Å². The molecule has 0 unspecified atom stereocenters. The molecular formula is C11H11NO2S. The van der Waals surface area contributed by atoms with Gasteiger partial charge < -0.3 is 0 Å². The quantitative estimate of drug-likeness (QED) is 0.795. The molecule has 0 saturated carbocycles. The molecule has 1 aromatic heterocycles. The maximum Gasteiger partial charge on any atom is 0.268 e. The summed E-state index contributed by atoms with van der Waals surface area (Å²) in [6.45, 7) is 2.03. The maximum absolute atomic E-state index is 11.8. The summed E-state index contributed by atoms with van der Waals surface area (Å²) in [7, 11) is 0. The van der Waals surface area contributed by atoms with Crippen LogP contribution in [0.5, 0.6) is 0 Å². The zero-order valence-electron chi connectivity index (χ0n) is 8.40. The van der Waals surface area contributed by atoms with Crippen LogP contribution in [0.2, 0.25) is 0 Å². The summed E-state index contributed by atoms with van der Waals surface area (Å²) in [4.78, 5) is 22.6. The minimum absolute atomic E-state index is 0.0110. The number of aromatic nitrogens is 1. The number of carbonyl (C=O) groups excluding carboxylic acids is 1. The standard InChI is InChI=1S/C11H11NO2S/c1-8(13)6-7-12-11(14)9-4-2-3-5-10(9)15-12/h2-5H,6-7H2,1H3. The highest BCUT2D eigenvalue weighted by molar-refractivity contribution is 7.13. The fourth-order valence-corrected chi connectivity index (χ4v) is 2.42. The van der Waals surface area contributed by atoms with Crippen LogP contribution in [0.15, 0.2) is 29.1 Å². The van der Waals surface area contributed by atoms with Crippen LogP contribution >= 0.6 is 11.5 Å². The highest BCUT2D eigenvalue weighted by Crippen LogP contribution is 2.15. The molecule has 0 bridgehead atoms. The van der Waals surface area contributed by atoms with E-state index >= 15 is 0 Å². The Morgan fingerprint density at radius 3 is 2.80 bits per heavy atom. The van der Waals surface area contributed by atoms with Crippen LogP contribution in [0.3, 0.4) is 0 Å². The molecule has 2 aromatic rings. The van der Waals surface area contributed by atoms with E-state index in [9.17, 15) is 9.59 Å². The summed E-state index contributed by atoms with van der Waals surface area (Å²) < 4.78 is 2.62. The Morgan fingerprint density at radius 1 is 1.40 bits per heavy atom. The highest BCUT2D eigenvalue weighted by Gasteiger charge is 2.06. The Kier molecular flexibility index (Phi) is 2.68. The van der Waals surface area contributed by atoms with Crippen molar-refractivity contribution < 1.29 is 4.79 Å². The molecule has 1 aromatic carbocycles. The molecule has 78 valence electrons. The van der Waals surface area contributed by atoms with Crippen molar-refractivity contribution in [1.82, 2.24) is 3.96 Å². The average molecular weight is 221 g/mol. The number of ketones is 1. The van der Waals surface area contributed by atoms with E-state index in [0.29, 0.717) is 13.0 Å². The SMILES string of the molecule is CC(=O)CCn1sc2ccccc2c1=O. The Labute approximate surface area is 91.1 Å². The normalized spacial score (nSPS) is 10.7. The van der Waals surface area contributed by atoms with Gasteiger partial charge in [0.05, 0.1) is 10.1 Å². The maximum atomic E-state index is 11.8. The van der Waals surface area contributed by atoms with E-state index in [4.69, 9.17) is 0 Å². The average Bonchev–Trinajstić information content (AvgIpc) is 2.54. The van der Waals surface area contributed by atoms with Crippen molar-refractivity contribution in [3.05, 3.63) is 34.6 Å². The fourth-order valence-electron chi connectivity index (χ4n) is 1.42. The zero-order chi connectivity index (χ0) is 10.8. The lowest BCUT2D eigenvalue weighted by atomic mass is 10.3. The number of nitrogens with zero attached hydrogens (tertiary/aromatic N) is 1. The second kappa shape index (κ2) is 3.98. The number of hydrogen-bond acceptors (Lipinski definition) is 3. The summed E-state index contributed by atoms with van der Waals surface area (Å²) in [6, 6.07) is 7.50. The molecule has 0 atom stereocenters. The second-order valence-corrected chi connectivity index (χ2v) is 4.51. The number of carbonyl (C=O) groups is 1.